The van der Waals surface area contributed by atoms with Gasteiger partial charge in [0.15, 0.2) is 23.0 Å². The van der Waals surface area contributed by atoms with Gasteiger partial charge in [-0.25, -0.2) is 0 Å². The van der Waals surface area contributed by atoms with E-state index in [1.54, 1.807) is 30.3 Å². The number of carbonyl (C=O) groups excluding carboxylic acids is 3. The molecule has 3 aromatic rings. The summed E-state index contributed by atoms with van der Waals surface area (Å²) in [7, 11) is 0. The molecule has 0 bridgehead atoms. The Morgan fingerprint density at radius 2 is 1.82 bits per heavy atom. The fraction of sp³-hybridized carbons (Fsp3) is 0.207. The number of carbonyl (C=O) groups is 3. The van der Waals surface area contributed by atoms with Gasteiger partial charge in [0.25, 0.3) is 11.1 Å². The van der Waals surface area contributed by atoms with Crippen LogP contribution in [0, 0.1) is 3.57 Å². The van der Waals surface area contributed by atoms with Crippen molar-refractivity contribution in [1.82, 2.24) is 4.90 Å². The quantitative estimate of drug-likeness (QED) is 0.228. The van der Waals surface area contributed by atoms with Crippen LogP contribution in [-0.2, 0) is 16.2 Å². The second kappa shape index (κ2) is 12.6. The highest BCUT2D eigenvalue weighted by Crippen LogP contribution is 2.38. The van der Waals surface area contributed by atoms with Crippen molar-refractivity contribution in [3.63, 3.8) is 0 Å². The molecule has 0 atom stereocenters. The molecule has 2 heterocycles. The summed E-state index contributed by atoms with van der Waals surface area (Å²) in [6.45, 7) is 3.15. The Bertz CT molecular complexity index is 1480. The summed E-state index contributed by atoms with van der Waals surface area (Å²) < 4.78 is 23.7. The van der Waals surface area contributed by atoms with Crippen LogP contribution in [0.15, 0.2) is 65.6 Å². The summed E-state index contributed by atoms with van der Waals surface area (Å²) in [6, 6.07) is 18.4. The number of imide groups is 1. The van der Waals surface area contributed by atoms with Crippen LogP contribution in [0.1, 0.15) is 18.1 Å². The van der Waals surface area contributed by atoms with E-state index in [9.17, 15) is 14.4 Å². The number of thioether (sulfide) groups is 1. The topological polar surface area (TPSA) is 103 Å². The zero-order chi connectivity index (χ0) is 28.1. The minimum atomic E-state index is -0.537. The predicted molar refractivity (Wildman–Crippen MR) is 160 cm³/mol. The van der Waals surface area contributed by atoms with Gasteiger partial charge in [-0.05, 0) is 82.7 Å². The molecule has 3 amide bonds. The van der Waals surface area contributed by atoms with Gasteiger partial charge in [0, 0.05) is 11.8 Å². The number of ether oxygens (including phenoxy) is 4. The zero-order valence-electron chi connectivity index (χ0n) is 21.5. The van der Waals surface area contributed by atoms with Crippen LogP contribution in [0.5, 0.6) is 23.0 Å². The van der Waals surface area contributed by atoms with Gasteiger partial charge < -0.3 is 24.3 Å². The lowest BCUT2D eigenvalue weighted by molar-refractivity contribution is -0.127. The van der Waals surface area contributed by atoms with Crippen LogP contribution in [-0.4, -0.2) is 48.3 Å². The van der Waals surface area contributed by atoms with E-state index in [-0.39, 0.29) is 4.91 Å². The molecule has 2 aliphatic heterocycles. The van der Waals surface area contributed by atoms with E-state index >= 15 is 0 Å². The van der Waals surface area contributed by atoms with E-state index in [1.165, 1.54) is 0 Å². The van der Waals surface area contributed by atoms with Crippen molar-refractivity contribution >= 4 is 63.2 Å². The number of nitrogens with one attached hydrogen (secondary N) is 1. The van der Waals surface area contributed by atoms with Crippen molar-refractivity contribution in [3.05, 3.63) is 80.3 Å². The first-order chi connectivity index (χ1) is 19.4. The Kier molecular flexibility index (Phi) is 8.80. The lowest BCUT2D eigenvalue weighted by atomic mass is 10.1. The molecule has 1 N–H and O–H groups in total. The SMILES string of the molecule is CCOc1cc(/C=C2/SC(=O)N(CC(=O)Nc3ccc4c(c3)OCCO4)C2=O)cc(I)c1OCc1ccccc1. The number of amides is 3. The molecular weight excluding hydrogens is 647 g/mol. The number of hydrogen-bond acceptors (Lipinski definition) is 8. The zero-order valence-corrected chi connectivity index (χ0v) is 24.5. The third-order valence-corrected chi connectivity index (χ3v) is 7.57. The first-order valence-electron chi connectivity index (χ1n) is 12.5. The van der Waals surface area contributed by atoms with Crippen molar-refractivity contribution in [2.24, 2.45) is 0 Å². The van der Waals surface area contributed by atoms with E-state index in [0.717, 1.165) is 25.8 Å². The summed E-state index contributed by atoms with van der Waals surface area (Å²) in [4.78, 5) is 39.5. The minimum Gasteiger partial charge on any atom is -0.490 e. The fourth-order valence-corrected chi connectivity index (χ4v) is 5.68. The number of hydrogen-bond donors (Lipinski definition) is 1. The summed E-state index contributed by atoms with van der Waals surface area (Å²) >= 11 is 2.95. The Hall–Kier alpha value is -3.71. The number of nitrogens with zero attached hydrogens (tertiary/aromatic N) is 1. The Morgan fingerprint density at radius 1 is 1.05 bits per heavy atom. The Balaban J connectivity index is 1.27. The highest BCUT2D eigenvalue weighted by Gasteiger charge is 2.36. The average molecular weight is 672 g/mol. The van der Waals surface area contributed by atoms with E-state index in [4.69, 9.17) is 18.9 Å². The van der Waals surface area contributed by atoms with Crippen molar-refractivity contribution in [3.8, 4) is 23.0 Å². The third-order valence-electron chi connectivity index (χ3n) is 5.86. The highest BCUT2D eigenvalue weighted by atomic mass is 127. The summed E-state index contributed by atoms with van der Waals surface area (Å²) in [5.41, 5.74) is 2.17. The molecule has 11 heteroatoms. The smallest absolute Gasteiger partial charge is 0.294 e. The Labute approximate surface area is 248 Å². The molecule has 0 radical (unpaired) electrons. The largest absolute Gasteiger partial charge is 0.490 e. The number of fused-ring (bicyclic) bond motifs is 1. The second-order valence-corrected chi connectivity index (χ2v) is 10.9. The van der Waals surface area contributed by atoms with E-state index < -0.39 is 23.6 Å². The number of halogens is 1. The summed E-state index contributed by atoms with van der Waals surface area (Å²) in [5.74, 6) is 1.22. The average Bonchev–Trinajstić information content (AvgIpc) is 3.20. The monoisotopic (exact) mass is 672 g/mol. The molecule has 40 heavy (non-hydrogen) atoms. The molecule has 0 spiro atoms. The molecule has 3 aromatic carbocycles. The molecule has 2 aliphatic rings. The van der Waals surface area contributed by atoms with Crippen molar-refractivity contribution < 1.29 is 33.3 Å². The second-order valence-electron chi connectivity index (χ2n) is 8.71. The standard InChI is InChI=1S/C29H25IN2O7S/c1-2-36-24-13-19(12-21(30)27(24)39-17-18-6-4-3-5-7-18)14-25-28(34)32(29(35)40-25)16-26(33)31-20-8-9-22-23(15-20)38-11-10-37-22/h3-9,12-15H,2,10-11,16-17H2,1H3,(H,31,33)/b25-14+. The van der Waals surface area contributed by atoms with Gasteiger partial charge in [-0.3, -0.25) is 19.3 Å². The normalized spacial score (nSPS) is 15.3. The van der Waals surface area contributed by atoms with Crippen molar-refractivity contribution in [2.75, 3.05) is 31.7 Å². The summed E-state index contributed by atoms with van der Waals surface area (Å²) in [5, 5.41) is 2.19. The van der Waals surface area contributed by atoms with Crippen molar-refractivity contribution in [2.45, 2.75) is 13.5 Å². The van der Waals surface area contributed by atoms with Gasteiger partial charge in [0.05, 0.1) is 15.1 Å². The van der Waals surface area contributed by atoms with Gasteiger partial charge in [0.2, 0.25) is 5.91 Å². The maximum atomic E-state index is 13.1. The molecule has 0 unspecified atom stereocenters. The van der Waals surface area contributed by atoms with Crippen LogP contribution >= 0.6 is 34.4 Å². The lowest BCUT2D eigenvalue weighted by Gasteiger charge is -2.19. The van der Waals surface area contributed by atoms with E-state index in [2.05, 4.69) is 27.9 Å². The van der Waals surface area contributed by atoms with Gasteiger partial charge in [-0.2, -0.15) is 0 Å². The highest BCUT2D eigenvalue weighted by molar-refractivity contribution is 14.1. The van der Waals surface area contributed by atoms with E-state index in [1.807, 2.05) is 43.3 Å². The number of rotatable bonds is 9. The molecule has 1 saturated heterocycles. The first-order valence-corrected chi connectivity index (χ1v) is 14.4. The maximum Gasteiger partial charge on any atom is 0.294 e. The molecule has 9 nitrogen and oxygen atoms in total. The molecule has 0 aromatic heterocycles. The molecule has 5 rings (SSSR count). The predicted octanol–water partition coefficient (Wildman–Crippen LogP) is 5.72. The first kappa shape index (κ1) is 27.8. The van der Waals surface area contributed by atoms with Crippen LogP contribution in [0.3, 0.4) is 0 Å². The third kappa shape index (κ3) is 6.53. The van der Waals surface area contributed by atoms with E-state index in [0.29, 0.717) is 60.7 Å². The number of benzene rings is 3. The van der Waals surface area contributed by atoms with Gasteiger partial charge >= 0.3 is 0 Å². The molecule has 0 saturated carbocycles. The summed E-state index contributed by atoms with van der Waals surface area (Å²) in [6.07, 6.45) is 1.62. The van der Waals surface area contributed by atoms with Gasteiger partial charge in [-0.1, -0.05) is 30.3 Å². The molecular formula is C29H25IN2O7S. The van der Waals surface area contributed by atoms with Crippen LogP contribution in [0.4, 0.5) is 10.5 Å². The van der Waals surface area contributed by atoms with Crippen molar-refractivity contribution in [1.29, 1.82) is 0 Å². The lowest BCUT2D eigenvalue weighted by Crippen LogP contribution is -2.36. The fourth-order valence-electron chi connectivity index (χ4n) is 4.06. The number of anilines is 1. The van der Waals surface area contributed by atoms with Gasteiger partial charge in [0.1, 0.15) is 26.4 Å². The Morgan fingerprint density at radius 3 is 2.60 bits per heavy atom. The molecule has 1 fully saturated rings. The maximum absolute atomic E-state index is 13.1. The van der Waals surface area contributed by atoms with Crippen LogP contribution in [0.2, 0.25) is 0 Å². The van der Waals surface area contributed by atoms with Crippen LogP contribution < -0.4 is 24.3 Å². The van der Waals surface area contributed by atoms with Gasteiger partial charge in [-0.15, -0.1) is 0 Å². The molecule has 0 aliphatic carbocycles. The van der Waals surface area contributed by atoms with Crippen LogP contribution in [0.25, 0.3) is 6.08 Å². The molecule has 206 valence electrons. The minimum absolute atomic E-state index is 0.216.